The van der Waals surface area contributed by atoms with Gasteiger partial charge in [-0.25, -0.2) is 4.98 Å². The van der Waals surface area contributed by atoms with E-state index in [0.717, 1.165) is 19.3 Å². The van der Waals surface area contributed by atoms with Gasteiger partial charge in [-0.05, 0) is 49.2 Å². The van der Waals surface area contributed by atoms with Crippen molar-refractivity contribution < 1.29 is 4.79 Å². The molecule has 1 N–H and O–H groups in total. The molecule has 8 heteroatoms. The fourth-order valence-electron chi connectivity index (χ4n) is 3.88. The first-order valence-electron chi connectivity index (χ1n) is 10.1. The van der Waals surface area contributed by atoms with Gasteiger partial charge in [0.05, 0.1) is 28.4 Å². The van der Waals surface area contributed by atoms with E-state index in [2.05, 4.69) is 16.4 Å². The van der Waals surface area contributed by atoms with Crippen molar-refractivity contribution in [1.82, 2.24) is 14.9 Å². The summed E-state index contributed by atoms with van der Waals surface area (Å²) in [7, 11) is 0. The third-order valence-electron chi connectivity index (χ3n) is 5.46. The Bertz CT molecular complexity index is 1210. The van der Waals surface area contributed by atoms with Gasteiger partial charge in [0, 0.05) is 5.02 Å². The second-order valence-corrected chi connectivity index (χ2v) is 9.00. The van der Waals surface area contributed by atoms with Crippen molar-refractivity contribution >= 4 is 40.2 Å². The molecule has 6 nitrogen and oxygen atoms in total. The summed E-state index contributed by atoms with van der Waals surface area (Å²) in [6.45, 7) is 0. The van der Waals surface area contributed by atoms with Gasteiger partial charge in [0.1, 0.15) is 5.54 Å². The van der Waals surface area contributed by atoms with Gasteiger partial charge in [0.15, 0.2) is 5.16 Å². The molecule has 0 saturated heterocycles. The van der Waals surface area contributed by atoms with E-state index in [1.165, 1.54) is 16.3 Å². The third-order valence-corrected chi connectivity index (χ3v) is 6.65. The molecule has 1 saturated carbocycles. The molecule has 0 radical (unpaired) electrons. The molecule has 1 aliphatic carbocycles. The van der Waals surface area contributed by atoms with E-state index in [9.17, 15) is 14.9 Å². The van der Waals surface area contributed by atoms with Gasteiger partial charge >= 0.3 is 0 Å². The number of nitriles is 1. The summed E-state index contributed by atoms with van der Waals surface area (Å²) in [6, 6.07) is 16.3. The summed E-state index contributed by atoms with van der Waals surface area (Å²) >= 11 is 7.19. The van der Waals surface area contributed by atoms with Gasteiger partial charge < -0.3 is 5.32 Å². The molecular weight excluding hydrogens is 432 g/mol. The molecule has 0 aliphatic heterocycles. The van der Waals surface area contributed by atoms with Gasteiger partial charge in [0.2, 0.25) is 5.91 Å². The molecule has 1 aromatic heterocycles. The van der Waals surface area contributed by atoms with Crippen LogP contribution in [-0.2, 0) is 4.79 Å². The van der Waals surface area contributed by atoms with Crippen molar-refractivity contribution in [2.45, 2.75) is 42.8 Å². The van der Waals surface area contributed by atoms with Crippen LogP contribution in [0.15, 0.2) is 58.5 Å². The van der Waals surface area contributed by atoms with E-state index in [0.29, 0.717) is 39.6 Å². The van der Waals surface area contributed by atoms with Crippen LogP contribution >= 0.6 is 23.4 Å². The number of thioether (sulfide) groups is 1. The monoisotopic (exact) mass is 452 g/mol. The van der Waals surface area contributed by atoms with Crippen molar-refractivity contribution in [3.8, 4) is 11.8 Å². The number of halogens is 1. The highest BCUT2D eigenvalue weighted by atomic mass is 35.5. The molecule has 1 amide bonds. The predicted molar refractivity (Wildman–Crippen MR) is 123 cm³/mol. The first kappa shape index (κ1) is 21.4. The number of fused-ring (bicyclic) bond motifs is 1. The van der Waals surface area contributed by atoms with E-state index in [-0.39, 0.29) is 17.2 Å². The van der Waals surface area contributed by atoms with Gasteiger partial charge in [-0.3, -0.25) is 14.2 Å². The molecule has 0 unspecified atom stereocenters. The highest BCUT2D eigenvalue weighted by Crippen LogP contribution is 2.28. The maximum atomic E-state index is 13.2. The van der Waals surface area contributed by atoms with Gasteiger partial charge in [0.25, 0.3) is 5.56 Å². The molecule has 0 spiro atoms. The van der Waals surface area contributed by atoms with E-state index in [1.54, 1.807) is 42.5 Å². The van der Waals surface area contributed by atoms with Crippen molar-refractivity contribution in [2.75, 3.05) is 5.75 Å². The van der Waals surface area contributed by atoms with Crippen molar-refractivity contribution in [1.29, 1.82) is 5.26 Å². The van der Waals surface area contributed by atoms with Gasteiger partial charge in [-0.2, -0.15) is 5.26 Å². The minimum Gasteiger partial charge on any atom is -0.337 e. The normalized spacial score (nSPS) is 15.4. The lowest BCUT2D eigenvalue weighted by molar-refractivity contribution is -0.120. The summed E-state index contributed by atoms with van der Waals surface area (Å²) in [6.07, 6.45) is 4.29. The third kappa shape index (κ3) is 4.60. The Morgan fingerprint density at radius 1 is 1.16 bits per heavy atom. The number of para-hydroxylation sites is 1. The smallest absolute Gasteiger partial charge is 0.266 e. The Hall–Kier alpha value is -2.82. The van der Waals surface area contributed by atoms with Crippen LogP contribution in [0, 0.1) is 11.3 Å². The van der Waals surface area contributed by atoms with Gasteiger partial charge in [-0.15, -0.1) is 0 Å². The highest BCUT2D eigenvalue weighted by Gasteiger charge is 2.33. The number of carbonyl (C=O) groups excluding carboxylic acids is 1. The first-order chi connectivity index (χ1) is 15.0. The molecule has 158 valence electrons. The molecule has 2 aromatic carbocycles. The lowest BCUT2D eigenvalue weighted by Crippen LogP contribution is -2.49. The number of rotatable bonds is 5. The van der Waals surface area contributed by atoms with Crippen LogP contribution in [0.2, 0.25) is 5.02 Å². The summed E-state index contributed by atoms with van der Waals surface area (Å²) in [5, 5.41) is 14.0. The Labute approximate surface area is 189 Å². The van der Waals surface area contributed by atoms with Crippen LogP contribution in [0.25, 0.3) is 16.6 Å². The van der Waals surface area contributed by atoms with E-state index >= 15 is 0 Å². The second kappa shape index (κ2) is 9.13. The number of hydrogen-bond acceptors (Lipinski definition) is 5. The van der Waals surface area contributed by atoms with E-state index in [1.807, 2.05) is 6.07 Å². The summed E-state index contributed by atoms with van der Waals surface area (Å²) in [5.41, 5.74) is 0.192. The molecule has 1 fully saturated rings. The number of nitrogens with zero attached hydrogens (tertiary/aromatic N) is 3. The van der Waals surface area contributed by atoms with E-state index < -0.39 is 5.54 Å². The Morgan fingerprint density at radius 2 is 1.87 bits per heavy atom. The average molecular weight is 453 g/mol. The summed E-state index contributed by atoms with van der Waals surface area (Å²) in [5.74, 6) is -0.180. The maximum absolute atomic E-state index is 13.2. The number of carbonyl (C=O) groups is 1. The zero-order valence-electron chi connectivity index (χ0n) is 16.8. The maximum Gasteiger partial charge on any atom is 0.266 e. The lowest BCUT2D eigenvalue weighted by atomic mass is 9.83. The molecule has 1 aliphatic rings. The Kier molecular flexibility index (Phi) is 6.30. The molecule has 4 rings (SSSR count). The minimum atomic E-state index is -0.789. The fraction of sp³-hybridized carbons (Fsp3) is 0.304. The first-order valence-corrected chi connectivity index (χ1v) is 11.5. The lowest BCUT2D eigenvalue weighted by Gasteiger charge is -2.31. The SMILES string of the molecule is N#CC1(NC(=O)CSc2nc3ccccc3c(=O)n2-c2ccc(Cl)cc2)CCCCC1. The van der Waals surface area contributed by atoms with Crippen LogP contribution in [0.3, 0.4) is 0 Å². The Balaban J connectivity index is 1.64. The predicted octanol–water partition coefficient (Wildman–Crippen LogP) is 4.47. The average Bonchev–Trinajstić information content (AvgIpc) is 2.79. The zero-order chi connectivity index (χ0) is 21.8. The van der Waals surface area contributed by atoms with Crippen molar-refractivity contribution in [3.63, 3.8) is 0 Å². The molecule has 0 atom stereocenters. The minimum absolute atomic E-state index is 0.0573. The molecule has 0 bridgehead atoms. The summed E-state index contributed by atoms with van der Waals surface area (Å²) < 4.78 is 1.50. The second-order valence-electron chi connectivity index (χ2n) is 7.62. The molecule has 1 heterocycles. The molecule has 31 heavy (non-hydrogen) atoms. The largest absolute Gasteiger partial charge is 0.337 e. The zero-order valence-corrected chi connectivity index (χ0v) is 18.4. The quantitative estimate of drug-likeness (QED) is 0.455. The molecular formula is C23H21ClN4O2S. The van der Waals surface area contributed by atoms with Crippen LogP contribution in [-0.4, -0.2) is 26.8 Å². The number of hydrogen-bond donors (Lipinski definition) is 1. The van der Waals surface area contributed by atoms with Crippen LogP contribution in [0.1, 0.15) is 32.1 Å². The summed E-state index contributed by atoms with van der Waals surface area (Å²) in [4.78, 5) is 30.5. The van der Waals surface area contributed by atoms with Crippen LogP contribution < -0.4 is 10.9 Å². The molecule has 3 aromatic rings. The topological polar surface area (TPSA) is 87.8 Å². The number of benzene rings is 2. The van der Waals surface area contributed by atoms with Gasteiger partial charge in [-0.1, -0.05) is 54.8 Å². The number of nitrogens with one attached hydrogen (secondary N) is 1. The van der Waals surface area contributed by atoms with Crippen LogP contribution in [0.4, 0.5) is 0 Å². The standard InChI is InChI=1S/C23H21ClN4O2S/c24-16-8-10-17(11-9-16)28-21(30)18-6-2-3-7-19(18)26-22(28)31-14-20(29)27-23(15-25)12-4-1-5-13-23/h2-3,6-11H,1,4-5,12-14H2,(H,27,29). The fourth-order valence-corrected chi connectivity index (χ4v) is 4.82. The Morgan fingerprint density at radius 3 is 2.58 bits per heavy atom. The highest BCUT2D eigenvalue weighted by molar-refractivity contribution is 7.99. The van der Waals surface area contributed by atoms with Crippen molar-refractivity contribution in [3.05, 3.63) is 63.9 Å². The van der Waals surface area contributed by atoms with Crippen molar-refractivity contribution in [2.24, 2.45) is 0 Å². The van der Waals surface area contributed by atoms with Crippen LogP contribution in [0.5, 0.6) is 0 Å². The number of aromatic nitrogens is 2. The van der Waals surface area contributed by atoms with E-state index in [4.69, 9.17) is 11.6 Å². The number of amides is 1.